The Balaban J connectivity index is 1.52. The summed E-state index contributed by atoms with van der Waals surface area (Å²) in [4.78, 5) is 14.0. The van der Waals surface area contributed by atoms with Crippen LogP contribution in [-0.2, 0) is 6.54 Å². The lowest BCUT2D eigenvalue weighted by Gasteiger charge is -2.29. The van der Waals surface area contributed by atoms with Crippen LogP contribution in [0.15, 0.2) is 18.2 Å². The number of nitrogens with one attached hydrogen (secondary N) is 1. The molecule has 1 aromatic rings. The summed E-state index contributed by atoms with van der Waals surface area (Å²) in [5.74, 6) is 2.32. The van der Waals surface area contributed by atoms with E-state index in [1.54, 1.807) is 4.90 Å². The standard InChI is InChI=1S/C17H24N2O3/c1-12-3-6-14(7-4-12)18-17(20)19(2)10-13-5-8-15-16(9-13)22-11-21-15/h5,8-9,12,14H,3-4,6-7,10-11H2,1-2H3,(H,18,20). The minimum Gasteiger partial charge on any atom is -0.454 e. The van der Waals surface area contributed by atoms with Gasteiger partial charge in [-0.05, 0) is 49.3 Å². The lowest BCUT2D eigenvalue weighted by Crippen LogP contribution is -2.44. The van der Waals surface area contributed by atoms with Crippen LogP contribution in [0.4, 0.5) is 4.79 Å². The molecule has 1 heterocycles. The van der Waals surface area contributed by atoms with E-state index in [1.165, 1.54) is 12.8 Å². The Labute approximate surface area is 131 Å². The summed E-state index contributed by atoms with van der Waals surface area (Å²) in [6.45, 7) is 3.12. The number of hydrogen-bond acceptors (Lipinski definition) is 3. The van der Waals surface area contributed by atoms with E-state index in [2.05, 4.69) is 12.2 Å². The fourth-order valence-corrected chi connectivity index (χ4v) is 3.07. The van der Waals surface area contributed by atoms with Crippen LogP contribution in [0.1, 0.15) is 38.2 Å². The molecule has 1 N–H and O–H groups in total. The summed E-state index contributed by atoms with van der Waals surface area (Å²) in [6.07, 6.45) is 4.59. The van der Waals surface area contributed by atoms with Crippen LogP contribution in [-0.4, -0.2) is 30.8 Å². The first kappa shape index (κ1) is 15.0. The van der Waals surface area contributed by atoms with Gasteiger partial charge < -0.3 is 19.7 Å². The SMILES string of the molecule is CC1CCC(NC(=O)N(C)Cc2ccc3c(c2)OCO3)CC1. The normalized spacial score (nSPS) is 23.2. The van der Waals surface area contributed by atoms with Gasteiger partial charge >= 0.3 is 6.03 Å². The van der Waals surface area contributed by atoms with Crippen molar-refractivity contribution in [1.82, 2.24) is 10.2 Å². The first-order chi connectivity index (χ1) is 10.6. The summed E-state index contributed by atoms with van der Waals surface area (Å²) in [5.41, 5.74) is 1.04. The van der Waals surface area contributed by atoms with Crippen molar-refractivity contribution >= 4 is 6.03 Å². The zero-order valence-corrected chi connectivity index (χ0v) is 13.3. The Morgan fingerprint density at radius 1 is 1.23 bits per heavy atom. The van der Waals surface area contributed by atoms with E-state index in [-0.39, 0.29) is 12.8 Å². The summed E-state index contributed by atoms with van der Waals surface area (Å²) in [5, 5.41) is 3.14. The summed E-state index contributed by atoms with van der Waals surface area (Å²) >= 11 is 0. The van der Waals surface area contributed by atoms with Gasteiger partial charge in [-0.2, -0.15) is 0 Å². The first-order valence-corrected chi connectivity index (χ1v) is 8.02. The molecule has 0 unspecified atom stereocenters. The van der Waals surface area contributed by atoms with E-state index in [0.29, 0.717) is 12.6 Å². The molecule has 2 amide bonds. The van der Waals surface area contributed by atoms with E-state index in [9.17, 15) is 4.79 Å². The molecule has 5 nitrogen and oxygen atoms in total. The quantitative estimate of drug-likeness (QED) is 0.933. The smallest absolute Gasteiger partial charge is 0.317 e. The number of urea groups is 1. The van der Waals surface area contributed by atoms with Crippen LogP contribution in [0.2, 0.25) is 0 Å². The topological polar surface area (TPSA) is 50.8 Å². The van der Waals surface area contributed by atoms with E-state index < -0.39 is 0 Å². The predicted octanol–water partition coefficient (Wildman–Crippen LogP) is 3.14. The van der Waals surface area contributed by atoms with Crippen molar-refractivity contribution in [3.63, 3.8) is 0 Å². The number of ether oxygens (including phenoxy) is 2. The zero-order chi connectivity index (χ0) is 15.5. The number of amides is 2. The Hall–Kier alpha value is -1.91. The van der Waals surface area contributed by atoms with E-state index >= 15 is 0 Å². The molecule has 22 heavy (non-hydrogen) atoms. The number of carbonyl (C=O) groups is 1. The largest absolute Gasteiger partial charge is 0.454 e. The van der Waals surface area contributed by atoms with Crippen molar-refractivity contribution in [2.45, 2.75) is 45.2 Å². The molecule has 1 aromatic carbocycles. The van der Waals surface area contributed by atoms with Gasteiger partial charge in [0.15, 0.2) is 11.5 Å². The second-order valence-corrected chi connectivity index (χ2v) is 6.45. The highest BCUT2D eigenvalue weighted by atomic mass is 16.7. The van der Waals surface area contributed by atoms with Gasteiger partial charge in [-0.3, -0.25) is 0 Å². The molecular weight excluding hydrogens is 280 g/mol. The number of nitrogens with zero attached hydrogens (tertiary/aromatic N) is 1. The van der Waals surface area contributed by atoms with Crippen molar-refractivity contribution < 1.29 is 14.3 Å². The van der Waals surface area contributed by atoms with Crippen molar-refractivity contribution in [3.05, 3.63) is 23.8 Å². The van der Waals surface area contributed by atoms with Crippen LogP contribution in [0.3, 0.4) is 0 Å². The average Bonchev–Trinajstić information content (AvgIpc) is 2.97. The fourth-order valence-electron chi connectivity index (χ4n) is 3.07. The number of benzene rings is 1. The van der Waals surface area contributed by atoms with Crippen LogP contribution in [0, 0.1) is 5.92 Å². The lowest BCUT2D eigenvalue weighted by atomic mass is 9.87. The van der Waals surface area contributed by atoms with Crippen molar-refractivity contribution in [3.8, 4) is 11.5 Å². The third-order valence-electron chi connectivity index (χ3n) is 4.55. The molecule has 0 aromatic heterocycles. The molecule has 120 valence electrons. The monoisotopic (exact) mass is 304 g/mol. The Morgan fingerprint density at radius 3 is 2.73 bits per heavy atom. The van der Waals surface area contributed by atoms with E-state index in [1.807, 2.05) is 25.2 Å². The predicted molar refractivity (Wildman–Crippen MR) is 84.0 cm³/mol. The molecule has 5 heteroatoms. The Bertz CT molecular complexity index is 539. The molecule has 1 saturated carbocycles. The van der Waals surface area contributed by atoms with Gasteiger partial charge in [0.2, 0.25) is 6.79 Å². The molecule has 3 rings (SSSR count). The molecule has 2 aliphatic rings. The number of fused-ring (bicyclic) bond motifs is 1. The third-order valence-corrected chi connectivity index (χ3v) is 4.55. The lowest BCUT2D eigenvalue weighted by molar-refractivity contribution is 0.174. The highest BCUT2D eigenvalue weighted by molar-refractivity contribution is 5.74. The van der Waals surface area contributed by atoms with Gasteiger partial charge in [-0.15, -0.1) is 0 Å². The summed E-state index contributed by atoms with van der Waals surface area (Å²) in [7, 11) is 1.82. The van der Waals surface area contributed by atoms with Gasteiger partial charge in [-0.25, -0.2) is 4.79 Å². The van der Waals surface area contributed by atoms with Crippen LogP contribution < -0.4 is 14.8 Å². The molecule has 0 radical (unpaired) electrons. The highest BCUT2D eigenvalue weighted by Gasteiger charge is 2.21. The zero-order valence-electron chi connectivity index (χ0n) is 13.3. The molecule has 0 bridgehead atoms. The number of rotatable bonds is 3. The minimum atomic E-state index is -0.00257. The first-order valence-electron chi connectivity index (χ1n) is 8.02. The molecule has 0 atom stereocenters. The summed E-state index contributed by atoms with van der Waals surface area (Å²) < 4.78 is 10.7. The number of carbonyl (C=O) groups excluding carboxylic acids is 1. The highest BCUT2D eigenvalue weighted by Crippen LogP contribution is 2.32. The molecule has 1 fully saturated rings. The van der Waals surface area contributed by atoms with Crippen LogP contribution in [0.5, 0.6) is 11.5 Å². The van der Waals surface area contributed by atoms with Gasteiger partial charge in [0.1, 0.15) is 0 Å². The molecular formula is C17H24N2O3. The Kier molecular flexibility index (Phi) is 4.41. The third kappa shape index (κ3) is 3.46. The van der Waals surface area contributed by atoms with Crippen LogP contribution >= 0.6 is 0 Å². The van der Waals surface area contributed by atoms with Gasteiger partial charge in [0.25, 0.3) is 0 Å². The second kappa shape index (κ2) is 6.46. The maximum atomic E-state index is 12.3. The maximum absolute atomic E-state index is 12.3. The molecule has 1 aliphatic carbocycles. The average molecular weight is 304 g/mol. The van der Waals surface area contributed by atoms with Gasteiger partial charge in [0.05, 0.1) is 0 Å². The minimum absolute atomic E-state index is 0.00257. The molecule has 0 saturated heterocycles. The van der Waals surface area contributed by atoms with Gasteiger partial charge in [0, 0.05) is 19.6 Å². The maximum Gasteiger partial charge on any atom is 0.317 e. The van der Waals surface area contributed by atoms with Crippen molar-refractivity contribution in [1.29, 1.82) is 0 Å². The molecule has 0 spiro atoms. The number of hydrogen-bond donors (Lipinski definition) is 1. The molecule has 1 aliphatic heterocycles. The van der Waals surface area contributed by atoms with Crippen molar-refractivity contribution in [2.24, 2.45) is 5.92 Å². The Morgan fingerprint density at radius 2 is 1.95 bits per heavy atom. The van der Waals surface area contributed by atoms with Gasteiger partial charge in [-0.1, -0.05) is 13.0 Å². The van der Waals surface area contributed by atoms with Crippen molar-refractivity contribution in [2.75, 3.05) is 13.8 Å². The second-order valence-electron chi connectivity index (χ2n) is 6.45. The van der Waals surface area contributed by atoms with E-state index in [0.717, 1.165) is 35.8 Å². The fraction of sp³-hybridized carbons (Fsp3) is 0.588. The summed E-state index contributed by atoms with van der Waals surface area (Å²) in [6, 6.07) is 6.13. The van der Waals surface area contributed by atoms with Crippen LogP contribution in [0.25, 0.3) is 0 Å². The van der Waals surface area contributed by atoms with E-state index in [4.69, 9.17) is 9.47 Å².